The van der Waals surface area contributed by atoms with E-state index in [9.17, 15) is 14.0 Å². The Morgan fingerprint density at radius 1 is 0.944 bits per heavy atom. The van der Waals surface area contributed by atoms with Crippen LogP contribution in [0.4, 0.5) is 10.2 Å². The van der Waals surface area contributed by atoms with Crippen LogP contribution in [0, 0.1) is 12.7 Å². The fourth-order valence-corrected chi connectivity index (χ4v) is 4.21. The molecule has 0 bridgehead atoms. The van der Waals surface area contributed by atoms with Gasteiger partial charge in [0.25, 0.3) is 5.91 Å². The van der Waals surface area contributed by atoms with Crippen molar-refractivity contribution in [2.75, 3.05) is 37.6 Å². The molecule has 2 heterocycles. The number of benzene rings is 2. The molecule has 1 fully saturated rings. The van der Waals surface area contributed by atoms with Gasteiger partial charge in [-0.05, 0) is 56.7 Å². The second-order valence-electron chi connectivity index (χ2n) is 9.21. The Morgan fingerprint density at radius 2 is 1.61 bits per heavy atom. The Morgan fingerprint density at radius 3 is 2.19 bits per heavy atom. The van der Waals surface area contributed by atoms with Gasteiger partial charge in [-0.15, -0.1) is 10.2 Å². The van der Waals surface area contributed by atoms with Gasteiger partial charge < -0.3 is 14.7 Å². The molecule has 0 spiro atoms. The zero-order valence-corrected chi connectivity index (χ0v) is 21.0. The summed E-state index contributed by atoms with van der Waals surface area (Å²) in [5.41, 5.74) is 3.42. The first-order valence-electron chi connectivity index (χ1n) is 12.4. The third-order valence-electron chi connectivity index (χ3n) is 6.73. The van der Waals surface area contributed by atoms with Crippen LogP contribution < -0.4 is 4.90 Å². The van der Waals surface area contributed by atoms with Crippen LogP contribution in [-0.4, -0.2) is 70.6 Å². The van der Waals surface area contributed by atoms with E-state index in [2.05, 4.69) is 27.2 Å². The van der Waals surface area contributed by atoms with Crippen molar-refractivity contribution >= 4 is 17.6 Å². The highest BCUT2D eigenvalue weighted by Crippen LogP contribution is 2.20. The summed E-state index contributed by atoms with van der Waals surface area (Å²) in [6, 6.07) is 17.4. The molecule has 0 N–H and O–H groups in total. The van der Waals surface area contributed by atoms with Crippen LogP contribution in [0.5, 0.6) is 0 Å². The van der Waals surface area contributed by atoms with Gasteiger partial charge >= 0.3 is 0 Å². The topological polar surface area (TPSA) is 69.6 Å². The first-order valence-corrected chi connectivity index (χ1v) is 12.4. The molecule has 0 unspecified atom stereocenters. The summed E-state index contributed by atoms with van der Waals surface area (Å²) in [5.74, 6) is 0.0299. The molecule has 2 aromatic carbocycles. The lowest BCUT2D eigenvalue weighted by Crippen LogP contribution is -2.53. The molecular weight excluding hydrogens is 457 g/mol. The molecular formula is C28H32FN5O2. The molecule has 1 aliphatic rings. The zero-order valence-electron chi connectivity index (χ0n) is 21.0. The molecule has 0 aliphatic carbocycles. The van der Waals surface area contributed by atoms with Gasteiger partial charge in [0.2, 0.25) is 5.91 Å². The Labute approximate surface area is 211 Å². The van der Waals surface area contributed by atoms with E-state index in [-0.39, 0.29) is 24.4 Å². The lowest BCUT2D eigenvalue weighted by Gasteiger charge is -2.37. The minimum absolute atomic E-state index is 0.00370. The molecule has 2 amide bonds. The summed E-state index contributed by atoms with van der Waals surface area (Å²) < 4.78 is 13.3. The molecule has 188 valence electrons. The second-order valence-corrected chi connectivity index (χ2v) is 9.21. The molecule has 8 heteroatoms. The van der Waals surface area contributed by atoms with Crippen molar-refractivity contribution in [1.82, 2.24) is 20.0 Å². The molecule has 0 radical (unpaired) electrons. The van der Waals surface area contributed by atoms with Gasteiger partial charge in [0.15, 0.2) is 5.82 Å². The maximum atomic E-state index is 13.3. The van der Waals surface area contributed by atoms with Gasteiger partial charge in [0, 0.05) is 43.3 Å². The van der Waals surface area contributed by atoms with Crippen LogP contribution in [0.15, 0.2) is 60.7 Å². The lowest BCUT2D eigenvalue weighted by atomic mass is 10.1. The number of nitrogens with zero attached hydrogens (tertiary/aromatic N) is 5. The number of carbonyl (C=O) groups excluding carboxylic acids is 2. The molecule has 1 aliphatic heterocycles. The third kappa shape index (κ3) is 5.87. The molecule has 4 rings (SSSR count). The Kier molecular flexibility index (Phi) is 7.93. The SMILES string of the molecule is CC[C@H](C)N(CC(=O)N1CCN(c2ccc(-c3ccc(C)cc3)nn2)CC1)C(=O)c1ccc(F)cc1. The van der Waals surface area contributed by atoms with Gasteiger partial charge in [0.05, 0.1) is 5.69 Å². The van der Waals surface area contributed by atoms with E-state index < -0.39 is 5.82 Å². The predicted octanol–water partition coefficient (Wildman–Crippen LogP) is 4.18. The second kappa shape index (κ2) is 11.3. The van der Waals surface area contributed by atoms with Crippen molar-refractivity contribution < 1.29 is 14.0 Å². The Hall–Kier alpha value is -3.81. The van der Waals surface area contributed by atoms with Crippen LogP contribution in [0.1, 0.15) is 36.2 Å². The average molecular weight is 490 g/mol. The highest BCUT2D eigenvalue weighted by molar-refractivity contribution is 5.96. The summed E-state index contributed by atoms with van der Waals surface area (Å²) in [4.78, 5) is 31.7. The van der Waals surface area contributed by atoms with Crippen molar-refractivity contribution in [3.05, 3.63) is 77.6 Å². The van der Waals surface area contributed by atoms with E-state index >= 15 is 0 Å². The fraction of sp³-hybridized carbons (Fsp3) is 0.357. The van der Waals surface area contributed by atoms with E-state index in [1.807, 2.05) is 45.0 Å². The smallest absolute Gasteiger partial charge is 0.254 e. The molecule has 0 saturated carbocycles. The van der Waals surface area contributed by atoms with E-state index in [4.69, 9.17) is 0 Å². The Bertz CT molecular complexity index is 1170. The fourth-order valence-electron chi connectivity index (χ4n) is 4.21. The minimum Gasteiger partial charge on any atom is -0.352 e. The summed E-state index contributed by atoms with van der Waals surface area (Å²) in [5, 5.41) is 8.80. The largest absolute Gasteiger partial charge is 0.352 e. The van der Waals surface area contributed by atoms with Crippen LogP contribution in [0.25, 0.3) is 11.3 Å². The van der Waals surface area contributed by atoms with Gasteiger partial charge in [-0.25, -0.2) is 4.39 Å². The van der Waals surface area contributed by atoms with E-state index in [0.29, 0.717) is 38.2 Å². The normalized spacial score (nSPS) is 14.4. The van der Waals surface area contributed by atoms with Gasteiger partial charge in [-0.1, -0.05) is 36.8 Å². The van der Waals surface area contributed by atoms with Crippen molar-refractivity contribution in [1.29, 1.82) is 0 Å². The maximum Gasteiger partial charge on any atom is 0.254 e. The molecule has 3 aromatic rings. The van der Waals surface area contributed by atoms with Crippen LogP contribution in [0.2, 0.25) is 0 Å². The summed E-state index contributed by atoms with van der Waals surface area (Å²) in [7, 11) is 0. The highest BCUT2D eigenvalue weighted by atomic mass is 19.1. The number of amides is 2. The molecule has 36 heavy (non-hydrogen) atoms. The number of halogens is 1. The van der Waals surface area contributed by atoms with E-state index in [0.717, 1.165) is 17.1 Å². The van der Waals surface area contributed by atoms with E-state index in [1.54, 1.807) is 9.80 Å². The predicted molar refractivity (Wildman–Crippen MR) is 138 cm³/mol. The van der Waals surface area contributed by atoms with Crippen molar-refractivity contribution in [2.24, 2.45) is 0 Å². The van der Waals surface area contributed by atoms with Crippen molar-refractivity contribution in [3.8, 4) is 11.3 Å². The number of rotatable bonds is 7. The molecule has 1 saturated heterocycles. The molecule has 1 aromatic heterocycles. The number of carbonyl (C=O) groups is 2. The molecule has 1 atom stereocenters. The third-order valence-corrected chi connectivity index (χ3v) is 6.73. The number of anilines is 1. The lowest BCUT2D eigenvalue weighted by molar-refractivity contribution is -0.132. The van der Waals surface area contributed by atoms with Crippen molar-refractivity contribution in [3.63, 3.8) is 0 Å². The standard InChI is InChI=1S/C28H32FN5O2/c1-4-21(3)34(28(36)23-9-11-24(29)12-10-23)19-27(35)33-17-15-32(16-18-33)26-14-13-25(30-31-26)22-7-5-20(2)6-8-22/h5-14,21H,4,15-19H2,1-3H3/t21-/m0/s1. The maximum absolute atomic E-state index is 13.3. The molecule has 7 nitrogen and oxygen atoms in total. The number of aromatic nitrogens is 2. The number of piperazine rings is 1. The number of hydrogen-bond donors (Lipinski definition) is 0. The highest BCUT2D eigenvalue weighted by Gasteiger charge is 2.28. The van der Waals surface area contributed by atoms with Crippen LogP contribution in [0.3, 0.4) is 0 Å². The van der Waals surface area contributed by atoms with Crippen molar-refractivity contribution in [2.45, 2.75) is 33.2 Å². The number of aryl methyl sites for hydroxylation is 1. The summed E-state index contributed by atoms with van der Waals surface area (Å²) >= 11 is 0. The zero-order chi connectivity index (χ0) is 25.7. The van der Waals surface area contributed by atoms with Crippen LogP contribution in [-0.2, 0) is 4.79 Å². The van der Waals surface area contributed by atoms with E-state index in [1.165, 1.54) is 29.8 Å². The van der Waals surface area contributed by atoms with Gasteiger partial charge in [-0.2, -0.15) is 0 Å². The Balaban J connectivity index is 1.35. The van der Waals surface area contributed by atoms with Crippen LogP contribution >= 0.6 is 0 Å². The minimum atomic E-state index is -0.398. The quantitative estimate of drug-likeness (QED) is 0.498. The first kappa shape index (κ1) is 25.3. The number of hydrogen-bond acceptors (Lipinski definition) is 5. The summed E-state index contributed by atoms with van der Waals surface area (Å²) in [6.45, 7) is 8.30. The average Bonchev–Trinajstić information content (AvgIpc) is 2.92. The monoisotopic (exact) mass is 489 g/mol. The first-order chi connectivity index (χ1) is 17.4. The van der Waals surface area contributed by atoms with Gasteiger partial charge in [0.1, 0.15) is 12.4 Å². The summed E-state index contributed by atoms with van der Waals surface area (Å²) in [6.07, 6.45) is 0.714. The van der Waals surface area contributed by atoms with Gasteiger partial charge in [-0.3, -0.25) is 9.59 Å².